The van der Waals surface area contributed by atoms with Crippen LogP contribution in [0.2, 0.25) is 0 Å². The molecule has 0 saturated carbocycles. The van der Waals surface area contributed by atoms with Crippen LogP contribution in [-0.4, -0.2) is 11.9 Å². The Morgan fingerprint density at radius 1 is 1.29 bits per heavy atom. The number of alkyl halides is 1. The van der Waals surface area contributed by atoms with E-state index in [9.17, 15) is 9.50 Å². The zero-order chi connectivity index (χ0) is 10.3. The quantitative estimate of drug-likeness (QED) is 0.752. The summed E-state index contributed by atoms with van der Waals surface area (Å²) in [5.74, 6) is 0.820. The van der Waals surface area contributed by atoms with Crippen molar-refractivity contribution in [3.63, 3.8) is 0 Å². The van der Waals surface area contributed by atoms with Gasteiger partial charge in [0.2, 0.25) is 6.79 Å². The number of ether oxygens (including phenoxy) is 2. The lowest BCUT2D eigenvalue weighted by atomic mass is 9.98. The molecule has 14 heavy (non-hydrogen) atoms. The molecule has 0 aromatic heterocycles. The van der Waals surface area contributed by atoms with Gasteiger partial charge in [0, 0.05) is 11.6 Å². The summed E-state index contributed by atoms with van der Waals surface area (Å²) in [5, 5.41) is 9.53. The molecule has 3 nitrogen and oxygen atoms in total. The maximum Gasteiger partial charge on any atom is 0.231 e. The largest absolute Gasteiger partial charge is 0.507 e. The number of benzene rings is 1. The lowest BCUT2D eigenvalue weighted by molar-refractivity contribution is 0.173. The van der Waals surface area contributed by atoms with Crippen LogP contribution in [0, 0.1) is 0 Å². The molecule has 1 N–H and O–H groups in total. The summed E-state index contributed by atoms with van der Waals surface area (Å²) in [4.78, 5) is 0. The second kappa shape index (κ2) is 2.77. The van der Waals surface area contributed by atoms with Crippen LogP contribution in [0.25, 0.3) is 0 Å². The van der Waals surface area contributed by atoms with Crippen LogP contribution in [0.3, 0.4) is 0 Å². The average molecular weight is 198 g/mol. The van der Waals surface area contributed by atoms with Crippen molar-refractivity contribution in [2.24, 2.45) is 0 Å². The SMILES string of the molecule is CC(C)(F)c1cc2c(cc1O)OCO2. The van der Waals surface area contributed by atoms with Crippen molar-refractivity contribution in [2.75, 3.05) is 6.79 Å². The molecular weight excluding hydrogens is 187 g/mol. The molecule has 76 valence electrons. The van der Waals surface area contributed by atoms with Crippen LogP contribution in [0.4, 0.5) is 4.39 Å². The van der Waals surface area contributed by atoms with Crippen LogP contribution in [0.15, 0.2) is 12.1 Å². The van der Waals surface area contributed by atoms with Gasteiger partial charge in [-0.25, -0.2) is 4.39 Å². The van der Waals surface area contributed by atoms with Gasteiger partial charge < -0.3 is 14.6 Å². The van der Waals surface area contributed by atoms with Gasteiger partial charge in [-0.15, -0.1) is 0 Å². The zero-order valence-corrected chi connectivity index (χ0v) is 8.00. The van der Waals surface area contributed by atoms with E-state index in [-0.39, 0.29) is 18.1 Å². The lowest BCUT2D eigenvalue weighted by Gasteiger charge is -2.16. The van der Waals surface area contributed by atoms with Crippen molar-refractivity contribution >= 4 is 0 Å². The predicted octanol–water partition coefficient (Wildman–Crippen LogP) is 2.33. The highest BCUT2D eigenvalue weighted by atomic mass is 19.1. The fraction of sp³-hybridized carbons (Fsp3) is 0.400. The number of hydrogen-bond donors (Lipinski definition) is 1. The minimum absolute atomic E-state index is 0.109. The number of halogens is 1. The van der Waals surface area contributed by atoms with E-state index in [0.29, 0.717) is 11.5 Å². The molecule has 0 fully saturated rings. The van der Waals surface area contributed by atoms with Crippen LogP contribution in [0.5, 0.6) is 17.2 Å². The molecule has 0 saturated heterocycles. The fourth-order valence-electron chi connectivity index (χ4n) is 1.41. The predicted molar refractivity (Wildman–Crippen MR) is 48.4 cm³/mol. The molecule has 0 amide bonds. The standard InChI is InChI=1S/C10H11FO3/c1-10(2,11)6-3-8-9(4-7(6)12)14-5-13-8/h3-4,12H,5H2,1-2H3. The smallest absolute Gasteiger partial charge is 0.231 e. The highest BCUT2D eigenvalue weighted by Crippen LogP contribution is 2.42. The molecule has 1 aromatic carbocycles. The summed E-state index contributed by atoms with van der Waals surface area (Å²) >= 11 is 0. The summed E-state index contributed by atoms with van der Waals surface area (Å²) in [5.41, 5.74) is -1.38. The van der Waals surface area contributed by atoms with Crippen LogP contribution < -0.4 is 9.47 Å². The van der Waals surface area contributed by atoms with Crippen molar-refractivity contribution in [2.45, 2.75) is 19.5 Å². The minimum Gasteiger partial charge on any atom is -0.507 e. The van der Waals surface area contributed by atoms with Gasteiger partial charge in [-0.2, -0.15) is 0 Å². The number of aromatic hydroxyl groups is 1. The van der Waals surface area contributed by atoms with Gasteiger partial charge in [-0.05, 0) is 19.9 Å². The third kappa shape index (κ3) is 1.36. The van der Waals surface area contributed by atoms with E-state index in [4.69, 9.17) is 9.47 Å². The third-order valence-electron chi connectivity index (χ3n) is 2.13. The van der Waals surface area contributed by atoms with Crippen molar-refractivity contribution in [3.05, 3.63) is 17.7 Å². The van der Waals surface area contributed by atoms with Gasteiger partial charge in [0.15, 0.2) is 11.5 Å². The van der Waals surface area contributed by atoms with Gasteiger partial charge in [-0.3, -0.25) is 0 Å². The Hall–Kier alpha value is -1.45. The molecule has 1 aromatic rings. The van der Waals surface area contributed by atoms with Gasteiger partial charge in [-0.1, -0.05) is 0 Å². The van der Waals surface area contributed by atoms with E-state index in [2.05, 4.69) is 0 Å². The molecule has 0 radical (unpaired) electrons. The topological polar surface area (TPSA) is 38.7 Å². The summed E-state index contributed by atoms with van der Waals surface area (Å²) in [6.07, 6.45) is 0. The molecule has 0 spiro atoms. The Labute approximate surface area is 81.1 Å². The van der Waals surface area contributed by atoms with Crippen molar-refractivity contribution in [1.29, 1.82) is 0 Å². The first-order valence-electron chi connectivity index (χ1n) is 4.30. The monoisotopic (exact) mass is 198 g/mol. The van der Waals surface area contributed by atoms with Crippen molar-refractivity contribution < 1.29 is 19.0 Å². The van der Waals surface area contributed by atoms with E-state index in [0.717, 1.165) is 0 Å². The van der Waals surface area contributed by atoms with E-state index in [1.807, 2.05) is 0 Å². The summed E-state index contributed by atoms with van der Waals surface area (Å²) < 4.78 is 23.7. The van der Waals surface area contributed by atoms with E-state index in [1.54, 1.807) is 0 Å². The molecule has 1 aliphatic rings. The third-order valence-corrected chi connectivity index (χ3v) is 2.13. The average Bonchev–Trinajstić information content (AvgIpc) is 2.47. The molecule has 0 bridgehead atoms. The second-order valence-electron chi connectivity index (χ2n) is 3.70. The van der Waals surface area contributed by atoms with E-state index in [1.165, 1.54) is 26.0 Å². The van der Waals surface area contributed by atoms with Gasteiger partial charge in [0.1, 0.15) is 11.4 Å². The van der Waals surface area contributed by atoms with Crippen LogP contribution in [0.1, 0.15) is 19.4 Å². The number of rotatable bonds is 1. The molecule has 1 heterocycles. The van der Waals surface area contributed by atoms with Crippen molar-refractivity contribution in [1.82, 2.24) is 0 Å². The number of phenolic OH excluding ortho intramolecular Hbond substituents is 1. The van der Waals surface area contributed by atoms with Crippen LogP contribution in [-0.2, 0) is 5.67 Å². The Morgan fingerprint density at radius 3 is 2.43 bits per heavy atom. The molecule has 4 heteroatoms. The molecule has 2 rings (SSSR count). The maximum atomic E-state index is 13.6. The number of hydrogen-bond acceptors (Lipinski definition) is 3. The minimum atomic E-state index is -1.59. The molecular formula is C10H11FO3. The van der Waals surface area contributed by atoms with Crippen molar-refractivity contribution in [3.8, 4) is 17.2 Å². The Morgan fingerprint density at radius 2 is 1.86 bits per heavy atom. The van der Waals surface area contributed by atoms with Gasteiger partial charge in [0.05, 0.1) is 0 Å². The summed E-state index contributed by atoms with van der Waals surface area (Å²) in [6.45, 7) is 2.87. The summed E-state index contributed by atoms with van der Waals surface area (Å²) in [6, 6.07) is 2.84. The highest BCUT2D eigenvalue weighted by Gasteiger charge is 2.27. The van der Waals surface area contributed by atoms with Gasteiger partial charge >= 0.3 is 0 Å². The first-order valence-corrected chi connectivity index (χ1v) is 4.30. The fourth-order valence-corrected chi connectivity index (χ4v) is 1.41. The molecule has 0 atom stereocenters. The molecule has 1 aliphatic heterocycles. The number of phenols is 1. The van der Waals surface area contributed by atoms with Crippen LogP contribution >= 0.6 is 0 Å². The van der Waals surface area contributed by atoms with E-state index < -0.39 is 5.67 Å². The molecule has 0 aliphatic carbocycles. The maximum absolute atomic E-state index is 13.6. The highest BCUT2D eigenvalue weighted by molar-refractivity contribution is 5.52. The van der Waals surface area contributed by atoms with E-state index >= 15 is 0 Å². The number of fused-ring (bicyclic) bond motifs is 1. The summed E-state index contributed by atoms with van der Waals surface area (Å²) in [7, 11) is 0. The Balaban J connectivity index is 2.53. The normalized spacial score (nSPS) is 14.5. The van der Waals surface area contributed by atoms with Gasteiger partial charge in [0.25, 0.3) is 0 Å². The Kier molecular flexibility index (Phi) is 1.80. The lowest BCUT2D eigenvalue weighted by Crippen LogP contribution is -2.09. The Bertz CT molecular complexity index is 368. The zero-order valence-electron chi connectivity index (χ0n) is 8.00. The first-order chi connectivity index (χ1) is 6.48. The second-order valence-corrected chi connectivity index (χ2v) is 3.70. The first kappa shape index (κ1) is 9.12. The molecule has 0 unspecified atom stereocenters.